The van der Waals surface area contributed by atoms with Crippen LogP contribution < -0.4 is 10.6 Å². The summed E-state index contributed by atoms with van der Waals surface area (Å²) in [6.45, 7) is 0. The predicted octanol–water partition coefficient (Wildman–Crippen LogP) is 3.12. The van der Waals surface area contributed by atoms with Crippen LogP contribution in [0.1, 0.15) is 4.88 Å². The van der Waals surface area contributed by atoms with Crippen LogP contribution in [0.15, 0.2) is 65.7 Å². The second kappa shape index (κ2) is 4.76. The van der Waals surface area contributed by atoms with Gasteiger partial charge in [0.15, 0.2) is 0 Å². The quantitative estimate of drug-likeness (QED) is 0.583. The molecule has 0 fully saturated rings. The Morgan fingerprint density at radius 1 is 0.917 bits per heavy atom. The van der Waals surface area contributed by atoms with Gasteiger partial charge in [-0.2, -0.15) is 0 Å². The van der Waals surface area contributed by atoms with Crippen LogP contribution in [0, 0.1) is 0 Å². The smallest absolute Gasteiger partial charge is 0.279 e. The van der Waals surface area contributed by atoms with E-state index >= 15 is 0 Å². The van der Waals surface area contributed by atoms with E-state index in [1.54, 1.807) is 0 Å². The zero-order chi connectivity index (χ0) is 16.3. The Kier molecular flexibility index (Phi) is 2.67. The van der Waals surface area contributed by atoms with Gasteiger partial charge in [0.25, 0.3) is 5.91 Å². The first-order valence-electron chi connectivity index (χ1n) is 7.60. The third-order valence-corrected chi connectivity index (χ3v) is 5.55. The normalized spacial score (nSPS) is 13.5. The Balaban J connectivity index is 1.94. The van der Waals surface area contributed by atoms with Crippen LogP contribution in [0.4, 0.5) is 0 Å². The van der Waals surface area contributed by atoms with Crippen molar-refractivity contribution >= 4 is 43.7 Å². The minimum atomic E-state index is -0.289. The Bertz CT molecular complexity index is 1280. The van der Waals surface area contributed by atoms with Crippen molar-refractivity contribution < 1.29 is 9.90 Å². The summed E-state index contributed by atoms with van der Waals surface area (Å²) in [5.74, 6) is -0.121. The number of nitrogens with zero attached hydrogens (tertiary/aromatic N) is 1. The second-order valence-corrected chi connectivity index (χ2v) is 6.80. The van der Waals surface area contributed by atoms with E-state index in [0.717, 1.165) is 26.1 Å². The lowest BCUT2D eigenvalue weighted by molar-refractivity contribution is -0.112. The maximum atomic E-state index is 12.4. The number of aromatic hydroxyl groups is 1. The third-order valence-electron chi connectivity index (χ3n) is 4.39. The molecule has 5 rings (SSSR count). The molecule has 4 aromatic rings. The summed E-state index contributed by atoms with van der Waals surface area (Å²) in [7, 11) is 0. The third kappa shape index (κ3) is 1.71. The minimum Gasteiger partial charge on any atom is -0.506 e. The van der Waals surface area contributed by atoms with Crippen LogP contribution in [0.5, 0.6) is 5.75 Å². The van der Waals surface area contributed by atoms with E-state index in [4.69, 9.17) is 0 Å². The van der Waals surface area contributed by atoms with E-state index in [0.29, 0.717) is 15.8 Å². The molecular weight excluding hydrogens is 318 g/mol. The summed E-state index contributed by atoms with van der Waals surface area (Å²) in [6.07, 6.45) is 0. The number of amides is 1. The summed E-state index contributed by atoms with van der Waals surface area (Å²) in [6, 6.07) is 19.4. The van der Waals surface area contributed by atoms with Gasteiger partial charge in [-0.25, -0.2) is 4.99 Å². The molecular formula is C20H11NO2S. The van der Waals surface area contributed by atoms with Gasteiger partial charge in [0.1, 0.15) is 5.75 Å². The Morgan fingerprint density at radius 2 is 1.71 bits per heavy atom. The molecule has 0 saturated carbocycles. The van der Waals surface area contributed by atoms with Crippen molar-refractivity contribution in [1.29, 1.82) is 0 Å². The highest BCUT2D eigenvalue weighted by Crippen LogP contribution is 2.44. The zero-order valence-corrected chi connectivity index (χ0v) is 13.3. The molecule has 1 amide bonds. The zero-order valence-electron chi connectivity index (χ0n) is 12.5. The van der Waals surface area contributed by atoms with Crippen molar-refractivity contribution in [2.75, 3.05) is 0 Å². The molecule has 2 heterocycles. The molecule has 1 aliphatic heterocycles. The van der Waals surface area contributed by atoms with Crippen molar-refractivity contribution in [2.24, 2.45) is 4.99 Å². The Morgan fingerprint density at radius 3 is 2.62 bits per heavy atom. The molecule has 0 bridgehead atoms. The number of thiophene rings is 1. The van der Waals surface area contributed by atoms with E-state index in [2.05, 4.69) is 4.99 Å². The van der Waals surface area contributed by atoms with Crippen molar-refractivity contribution in [2.45, 2.75) is 0 Å². The van der Waals surface area contributed by atoms with Gasteiger partial charge in [0.2, 0.25) is 0 Å². The summed E-state index contributed by atoms with van der Waals surface area (Å²) in [5, 5.41) is 15.2. The largest absolute Gasteiger partial charge is 0.506 e. The van der Waals surface area contributed by atoms with Gasteiger partial charge < -0.3 is 5.11 Å². The van der Waals surface area contributed by atoms with Crippen LogP contribution in [-0.4, -0.2) is 11.0 Å². The molecule has 1 aliphatic rings. The first-order valence-corrected chi connectivity index (χ1v) is 8.42. The van der Waals surface area contributed by atoms with E-state index in [-0.39, 0.29) is 11.7 Å². The van der Waals surface area contributed by atoms with Crippen LogP contribution in [0.3, 0.4) is 0 Å². The summed E-state index contributed by atoms with van der Waals surface area (Å²) in [5.41, 5.74) is 0.494. The van der Waals surface area contributed by atoms with E-state index in [1.165, 1.54) is 11.3 Å². The standard InChI is InChI=1S/C20H11NO2S/c22-18-16-12-6-2-1-5-11(12)9-10-15(16)24-19(18)17-13-7-3-4-8-14(13)21-20(17)23/h1-10,22H. The van der Waals surface area contributed by atoms with Crippen LogP contribution in [0.25, 0.3) is 26.4 Å². The van der Waals surface area contributed by atoms with Crippen molar-refractivity contribution in [3.63, 3.8) is 0 Å². The lowest BCUT2D eigenvalue weighted by Gasteiger charge is -2.00. The summed E-state index contributed by atoms with van der Waals surface area (Å²) < 4.78 is 0.964. The van der Waals surface area contributed by atoms with Gasteiger partial charge in [0, 0.05) is 15.3 Å². The number of fused-ring (bicyclic) bond motifs is 4. The fraction of sp³-hybridized carbons (Fsp3) is 0. The highest BCUT2D eigenvalue weighted by molar-refractivity contribution is 7.21. The van der Waals surface area contributed by atoms with Crippen molar-refractivity contribution in [3.8, 4) is 5.75 Å². The lowest BCUT2D eigenvalue weighted by Crippen LogP contribution is -2.22. The number of benzene rings is 3. The molecule has 3 nitrogen and oxygen atoms in total. The number of para-hydroxylation sites is 1. The molecule has 0 radical (unpaired) electrons. The van der Waals surface area contributed by atoms with E-state index in [1.807, 2.05) is 60.7 Å². The molecule has 0 spiro atoms. The first-order chi connectivity index (χ1) is 11.7. The average molecular weight is 329 g/mol. The molecule has 114 valence electrons. The van der Waals surface area contributed by atoms with Gasteiger partial charge in [-0.05, 0) is 22.9 Å². The molecule has 3 aromatic carbocycles. The first kappa shape index (κ1) is 13.5. The molecule has 1 N–H and O–H groups in total. The second-order valence-electron chi connectivity index (χ2n) is 5.75. The molecule has 0 aliphatic carbocycles. The highest BCUT2D eigenvalue weighted by atomic mass is 32.1. The predicted molar refractivity (Wildman–Crippen MR) is 95.7 cm³/mol. The Labute approximate surface area is 140 Å². The van der Waals surface area contributed by atoms with E-state index in [9.17, 15) is 9.90 Å². The molecule has 0 saturated heterocycles. The number of carbonyl (C=O) groups is 1. The SMILES string of the molecule is O=C1N=c2ccccc2=C1c1sc2ccc3ccccc3c2c1O. The van der Waals surface area contributed by atoms with E-state index < -0.39 is 0 Å². The minimum absolute atomic E-state index is 0.169. The molecule has 24 heavy (non-hydrogen) atoms. The molecule has 1 aromatic heterocycles. The molecule has 0 atom stereocenters. The van der Waals surface area contributed by atoms with Gasteiger partial charge in [0.05, 0.1) is 15.8 Å². The van der Waals surface area contributed by atoms with Crippen molar-refractivity contribution in [3.05, 3.63) is 76.1 Å². The number of hydrogen-bond donors (Lipinski definition) is 1. The van der Waals surface area contributed by atoms with Gasteiger partial charge >= 0.3 is 0 Å². The highest BCUT2D eigenvalue weighted by Gasteiger charge is 2.25. The van der Waals surface area contributed by atoms with Crippen LogP contribution >= 0.6 is 11.3 Å². The summed E-state index contributed by atoms with van der Waals surface area (Å²) in [4.78, 5) is 17.1. The van der Waals surface area contributed by atoms with Crippen LogP contribution in [0.2, 0.25) is 0 Å². The van der Waals surface area contributed by atoms with Gasteiger partial charge in [-0.1, -0.05) is 48.5 Å². The van der Waals surface area contributed by atoms with Crippen molar-refractivity contribution in [1.82, 2.24) is 0 Å². The van der Waals surface area contributed by atoms with Gasteiger partial charge in [-0.3, -0.25) is 4.79 Å². The number of hydrogen-bond acceptors (Lipinski definition) is 3. The summed E-state index contributed by atoms with van der Waals surface area (Å²) >= 11 is 1.44. The fourth-order valence-corrected chi connectivity index (χ4v) is 4.47. The maximum Gasteiger partial charge on any atom is 0.279 e. The fourth-order valence-electron chi connectivity index (χ4n) is 3.30. The lowest BCUT2D eigenvalue weighted by atomic mass is 10.0. The van der Waals surface area contributed by atoms with Gasteiger partial charge in [-0.15, -0.1) is 11.3 Å². The maximum absolute atomic E-state index is 12.4. The topological polar surface area (TPSA) is 49.7 Å². The molecule has 4 heteroatoms. The monoisotopic (exact) mass is 329 g/mol. The van der Waals surface area contributed by atoms with Crippen LogP contribution in [-0.2, 0) is 4.79 Å². The Hall–Kier alpha value is -2.98. The number of rotatable bonds is 1. The average Bonchev–Trinajstić information content (AvgIpc) is 3.11. The molecule has 0 unspecified atom stereocenters. The number of carbonyl (C=O) groups excluding carboxylic acids is 1.